The van der Waals surface area contributed by atoms with Crippen molar-refractivity contribution in [1.29, 1.82) is 0 Å². The monoisotopic (exact) mass is 535 g/mol. The predicted octanol–water partition coefficient (Wildman–Crippen LogP) is 4.57. The Morgan fingerprint density at radius 1 is 1.17 bits per heavy atom. The van der Waals surface area contributed by atoms with Crippen LogP contribution in [-0.4, -0.2) is 48.1 Å². The standard InChI is InChI=1S/C23H23F2N7O2S.ClH/c1-2-34-15-5-3-14(4-6-15)31-11-18(21(30-31)20-16(24)7-8-19(25)29-20)32-10-13(9-27-32)23-28-17(12-35-23)22(26)33;/h7-12,14-15H,2-6H2,1H3,(H2,26,33);1H. The first kappa shape index (κ1) is 25.9. The van der Waals surface area contributed by atoms with Crippen molar-refractivity contribution >= 4 is 29.7 Å². The molecule has 1 aliphatic carbocycles. The first-order chi connectivity index (χ1) is 16.9. The number of pyridine rings is 1. The maximum atomic E-state index is 14.7. The van der Waals surface area contributed by atoms with Crippen LogP contribution >= 0.6 is 23.7 Å². The van der Waals surface area contributed by atoms with Crippen molar-refractivity contribution in [3.63, 3.8) is 0 Å². The van der Waals surface area contributed by atoms with E-state index in [2.05, 4.69) is 20.2 Å². The third-order valence-electron chi connectivity index (χ3n) is 6.00. The Morgan fingerprint density at radius 2 is 1.94 bits per heavy atom. The van der Waals surface area contributed by atoms with Gasteiger partial charge in [0.1, 0.15) is 27.8 Å². The van der Waals surface area contributed by atoms with Gasteiger partial charge in [-0.3, -0.25) is 9.48 Å². The molecule has 190 valence electrons. The highest BCUT2D eigenvalue weighted by atomic mass is 35.5. The van der Waals surface area contributed by atoms with Crippen molar-refractivity contribution in [2.24, 2.45) is 5.73 Å². The minimum Gasteiger partial charge on any atom is -0.379 e. The van der Waals surface area contributed by atoms with Crippen LogP contribution in [0.1, 0.15) is 49.1 Å². The van der Waals surface area contributed by atoms with Gasteiger partial charge in [-0.1, -0.05) is 0 Å². The van der Waals surface area contributed by atoms with Gasteiger partial charge in [-0.15, -0.1) is 23.7 Å². The van der Waals surface area contributed by atoms with Gasteiger partial charge in [0, 0.05) is 23.7 Å². The Morgan fingerprint density at radius 3 is 2.64 bits per heavy atom. The largest absolute Gasteiger partial charge is 0.379 e. The van der Waals surface area contributed by atoms with E-state index in [-0.39, 0.29) is 41.6 Å². The molecule has 0 aliphatic heterocycles. The average molecular weight is 536 g/mol. The summed E-state index contributed by atoms with van der Waals surface area (Å²) in [5, 5.41) is 11.2. The Bertz CT molecular complexity index is 1360. The molecule has 4 heterocycles. The number of primary amides is 1. The van der Waals surface area contributed by atoms with Crippen LogP contribution in [0.15, 0.2) is 36.1 Å². The smallest absolute Gasteiger partial charge is 0.268 e. The second-order valence-corrected chi connectivity index (χ2v) is 9.13. The third-order valence-corrected chi connectivity index (χ3v) is 6.89. The molecule has 0 spiro atoms. The van der Waals surface area contributed by atoms with Crippen LogP contribution in [0.3, 0.4) is 0 Å². The van der Waals surface area contributed by atoms with Gasteiger partial charge in [-0.25, -0.2) is 19.0 Å². The minimum atomic E-state index is -0.804. The maximum absolute atomic E-state index is 14.7. The van der Waals surface area contributed by atoms with E-state index in [1.165, 1.54) is 16.0 Å². The fraction of sp³-hybridized carbons (Fsp3) is 0.348. The van der Waals surface area contributed by atoms with Crippen molar-refractivity contribution in [2.45, 2.75) is 44.8 Å². The summed E-state index contributed by atoms with van der Waals surface area (Å²) in [5.74, 6) is -2.10. The molecule has 0 saturated heterocycles. The number of carbonyl (C=O) groups excluding carboxylic acids is 1. The highest BCUT2D eigenvalue weighted by Crippen LogP contribution is 2.34. The SMILES string of the molecule is CCOC1CCC(n2cc(-n3cc(-c4nc(C(N)=O)cs4)cn3)c(-c3nc(F)ccc3F)n2)CC1.Cl. The van der Waals surface area contributed by atoms with E-state index in [1.807, 2.05) is 6.92 Å². The van der Waals surface area contributed by atoms with Gasteiger partial charge in [0.05, 0.1) is 24.5 Å². The molecule has 0 bridgehead atoms. The number of amides is 1. The van der Waals surface area contributed by atoms with E-state index in [4.69, 9.17) is 10.5 Å². The average Bonchev–Trinajstić information content (AvgIpc) is 3.60. The Labute approximate surface area is 215 Å². The zero-order valence-electron chi connectivity index (χ0n) is 19.3. The number of carbonyl (C=O) groups is 1. The molecule has 5 rings (SSSR count). The molecule has 1 saturated carbocycles. The summed E-state index contributed by atoms with van der Waals surface area (Å²) in [7, 11) is 0. The highest BCUT2D eigenvalue weighted by molar-refractivity contribution is 7.13. The molecule has 1 amide bonds. The molecule has 2 N–H and O–H groups in total. The lowest BCUT2D eigenvalue weighted by molar-refractivity contribution is 0.0260. The van der Waals surface area contributed by atoms with Crippen LogP contribution in [0, 0.1) is 11.8 Å². The second kappa shape index (κ2) is 10.8. The van der Waals surface area contributed by atoms with Crippen molar-refractivity contribution in [2.75, 3.05) is 6.61 Å². The number of thiazole rings is 1. The Balaban J connectivity index is 0.00000304. The summed E-state index contributed by atoms with van der Waals surface area (Å²) in [4.78, 5) is 19.4. The molecule has 4 aromatic heterocycles. The van der Waals surface area contributed by atoms with Crippen LogP contribution in [0.2, 0.25) is 0 Å². The molecule has 9 nitrogen and oxygen atoms in total. The van der Waals surface area contributed by atoms with E-state index in [9.17, 15) is 13.6 Å². The van der Waals surface area contributed by atoms with Crippen LogP contribution in [0.4, 0.5) is 8.78 Å². The van der Waals surface area contributed by atoms with Gasteiger partial charge < -0.3 is 10.5 Å². The first-order valence-corrected chi connectivity index (χ1v) is 12.1. The van der Waals surface area contributed by atoms with Gasteiger partial charge in [-0.05, 0) is 44.7 Å². The fourth-order valence-electron chi connectivity index (χ4n) is 4.29. The molecule has 13 heteroatoms. The summed E-state index contributed by atoms with van der Waals surface area (Å²) < 4.78 is 37.7. The minimum absolute atomic E-state index is 0. The predicted molar refractivity (Wildman–Crippen MR) is 132 cm³/mol. The molecule has 0 radical (unpaired) electrons. The van der Waals surface area contributed by atoms with E-state index in [0.29, 0.717) is 22.9 Å². The van der Waals surface area contributed by atoms with Crippen molar-refractivity contribution in [1.82, 2.24) is 29.5 Å². The summed E-state index contributed by atoms with van der Waals surface area (Å²) in [5.41, 5.74) is 6.56. The summed E-state index contributed by atoms with van der Waals surface area (Å²) in [6.07, 6.45) is 8.77. The molecule has 1 aliphatic rings. The normalized spacial score (nSPS) is 17.6. The van der Waals surface area contributed by atoms with E-state index in [0.717, 1.165) is 37.8 Å². The summed E-state index contributed by atoms with van der Waals surface area (Å²) in [6, 6.07) is 2.08. The van der Waals surface area contributed by atoms with Gasteiger partial charge in [0.25, 0.3) is 5.91 Å². The third kappa shape index (κ3) is 5.15. The lowest BCUT2D eigenvalue weighted by Crippen LogP contribution is -2.24. The van der Waals surface area contributed by atoms with Crippen molar-refractivity contribution in [3.05, 3.63) is 53.6 Å². The first-order valence-electron chi connectivity index (χ1n) is 11.3. The summed E-state index contributed by atoms with van der Waals surface area (Å²) >= 11 is 1.26. The lowest BCUT2D eigenvalue weighted by Gasteiger charge is -2.28. The lowest BCUT2D eigenvalue weighted by atomic mass is 9.93. The number of aromatic nitrogens is 6. The molecule has 4 aromatic rings. The molecule has 0 aromatic carbocycles. The fourth-order valence-corrected chi connectivity index (χ4v) is 5.07. The molecule has 0 unspecified atom stereocenters. The number of hydrogen-bond acceptors (Lipinski definition) is 7. The molecule has 1 fully saturated rings. The van der Waals surface area contributed by atoms with E-state index in [1.54, 1.807) is 28.7 Å². The number of nitrogens with zero attached hydrogens (tertiary/aromatic N) is 6. The van der Waals surface area contributed by atoms with Crippen molar-refractivity contribution < 1.29 is 18.3 Å². The Hall–Kier alpha value is -3.22. The maximum Gasteiger partial charge on any atom is 0.268 e. The van der Waals surface area contributed by atoms with Gasteiger partial charge in [0.2, 0.25) is 5.95 Å². The zero-order valence-corrected chi connectivity index (χ0v) is 20.9. The zero-order chi connectivity index (χ0) is 24.5. The number of nitrogens with two attached hydrogens (primary N) is 1. The van der Waals surface area contributed by atoms with Crippen LogP contribution in [0.5, 0.6) is 0 Å². The van der Waals surface area contributed by atoms with Crippen LogP contribution < -0.4 is 5.73 Å². The second-order valence-electron chi connectivity index (χ2n) is 8.27. The number of halogens is 3. The van der Waals surface area contributed by atoms with Gasteiger partial charge >= 0.3 is 0 Å². The van der Waals surface area contributed by atoms with Crippen molar-refractivity contribution in [3.8, 4) is 27.6 Å². The molecular formula is C23H24ClF2N7O2S. The highest BCUT2D eigenvalue weighted by Gasteiger charge is 2.27. The Kier molecular flexibility index (Phi) is 7.76. The molecule has 0 atom stereocenters. The molecule has 36 heavy (non-hydrogen) atoms. The topological polar surface area (TPSA) is 114 Å². The van der Waals surface area contributed by atoms with Crippen LogP contribution in [0.25, 0.3) is 27.6 Å². The van der Waals surface area contributed by atoms with E-state index >= 15 is 0 Å². The number of ether oxygens (including phenoxy) is 1. The molecular weight excluding hydrogens is 512 g/mol. The van der Waals surface area contributed by atoms with Crippen LogP contribution in [-0.2, 0) is 4.74 Å². The van der Waals surface area contributed by atoms with Gasteiger partial charge in [-0.2, -0.15) is 14.6 Å². The quantitative estimate of drug-likeness (QED) is 0.347. The van der Waals surface area contributed by atoms with Gasteiger partial charge in [0.15, 0.2) is 5.82 Å². The number of rotatable bonds is 7. The number of hydrogen-bond donors (Lipinski definition) is 1. The van der Waals surface area contributed by atoms with E-state index < -0.39 is 17.7 Å². The summed E-state index contributed by atoms with van der Waals surface area (Å²) in [6.45, 7) is 2.66.